The summed E-state index contributed by atoms with van der Waals surface area (Å²) in [5, 5.41) is 0. The molecule has 1 aromatic rings. The van der Waals surface area contributed by atoms with Crippen LogP contribution in [0.4, 0.5) is 0 Å². The molecule has 0 heterocycles. The predicted octanol–water partition coefficient (Wildman–Crippen LogP) is 3.31. The number of rotatable bonds is 10. The van der Waals surface area contributed by atoms with Gasteiger partial charge < -0.3 is 9.47 Å². The van der Waals surface area contributed by atoms with Crippen molar-refractivity contribution in [1.82, 2.24) is 0 Å². The van der Waals surface area contributed by atoms with E-state index in [0.717, 1.165) is 12.0 Å². The molecular formula is C17H28O5S. The summed E-state index contributed by atoms with van der Waals surface area (Å²) >= 11 is 0. The van der Waals surface area contributed by atoms with Crippen LogP contribution in [-0.2, 0) is 23.8 Å². The first-order chi connectivity index (χ1) is 10.7. The maximum absolute atomic E-state index is 12.1. The molecule has 0 spiro atoms. The van der Waals surface area contributed by atoms with Crippen molar-refractivity contribution >= 4 is 10.1 Å². The minimum atomic E-state index is -3.71. The molecule has 0 aliphatic heterocycles. The van der Waals surface area contributed by atoms with E-state index in [9.17, 15) is 8.42 Å². The Morgan fingerprint density at radius 1 is 1.13 bits per heavy atom. The molecule has 0 radical (unpaired) electrons. The first-order valence-electron chi connectivity index (χ1n) is 7.79. The first kappa shape index (κ1) is 20.1. The maximum Gasteiger partial charge on any atom is 0.296 e. The van der Waals surface area contributed by atoms with Crippen LogP contribution in [0, 0.1) is 6.92 Å². The summed E-state index contributed by atoms with van der Waals surface area (Å²) in [6.07, 6.45) is 1.42. The van der Waals surface area contributed by atoms with Gasteiger partial charge in [-0.1, -0.05) is 17.7 Å². The lowest BCUT2D eigenvalue weighted by Crippen LogP contribution is -2.28. The van der Waals surface area contributed by atoms with Crippen LogP contribution < -0.4 is 0 Å². The second kappa shape index (κ2) is 8.78. The Morgan fingerprint density at radius 3 is 2.30 bits per heavy atom. The van der Waals surface area contributed by atoms with Crippen LogP contribution in [0.5, 0.6) is 0 Å². The number of hydrogen-bond donors (Lipinski definition) is 0. The molecule has 0 aromatic heterocycles. The van der Waals surface area contributed by atoms with Gasteiger partial charge in [-0.2, -0.15) is 8.42 Å². The van der Waals surface area contributed by atoms with Crippen molar-refractivity contribution in [2.75, 3.05) is 20.3 Å². The fourth-order valence-electron chi connectivity index (χ4n) is 1.86. The fraction of sp³-hybridized carbons (Fsp3) is 0.647. The van der Waals surface area contributed by atoms with Crippen LogP contribution in [0.2, 0.25) is 0 Å². The topological polar surface area (TPSA) is 61.8 Å². The summed E-state index contributed by atoms with van der Waals surface area (Å²) in [6.45, 7) is 8.38. The van der Waals surface area contributed by atoms with E-state index in [1.165, 1.54) is 0 Å². The minimum Gasteiger partial charge on any atom is -0.382 e. The molecule has 23 heavy (non-hydrogen) atoms. The summed E-state index contributed by atoms with van der Waals surface area (Å²) < 4.78 is 40.2. The summed E-state index contributed by atoms with van der Waals surface area (Å²) in [5.74, 6) is 0. The molecule has 0 amide bonds. The molecule has 0 aliphatic carbocycles. The van der Waals surface area contributed by atoms with Gasteiger partial charge in [0, 0.05) is 20.1 Å². The van der Waals surface area contributed by atoms with Gasteiger partial charge in [0.2, 0.25) is 0 Å². The van der Waals surface area contributed by atoms with Crippen molar-refractivity contribution in [2.45, 2.75) is 57.1 Å². The molecule has 0 saturated carbocycles. The molecule has 5 nitrogen and oxygen atoms in total. The van der Waals surface area contributed by atoms with Gasteiger partial charge in [-0.25, -0.2) is 0 Å². The molecule has 1 aromatic carbocycles. The van der Waals surface area contributed by atoms with Crippen LogP contribution in [0.1, 0.15) is 39.2 Å². The summed E-state index contributed by atoms with van der Waals surface area (Å²) in [6, 6.07) is 6.61. The van der Waals surface area contributed by atoms with Crippen molar-refractivity contribution in [1.29, 1.82) is 0 Å². The number of aryl methyl sites for hydroxylation is 1. The largest absolute Gasteiger partial charge is 0.382 e. The zero-order valence-corrected chi connectivity index (χ0v) is 15.5. The van der Waals surface area contributed by atoms with Crippen molar-refractivity contribution in [3.8, 4) is 0 Å². The monoisotopic (exact) mass is 344 g/mol. The van der Waals surface area contributed by atoms with Gasteiger partial charge >= 0.3 is 0 Å². The van der Waals surface area contributed by atoms with Crippen molar-refractivity contribution in [2.24, 2.45) is 0 Å². The molecule has 0 bridgehead atoms. The van der Waals surface area contributed by atoms with Crippen LogP contribution in [0.15, 0.2) is 29.2 Å². The van der Waals surface area contributed by atoms with E-state index in [4.69, 9.17) is 13.7 Å². The molecule has 0 N–H and O–H groups in total. The average Bonchev–Trinajstić information content (AvgIpc) is 2.46. The normalized spacial score (nSPS) is 14.0. The SMILES string of the molecule is COC(C)CCOC(C)(C)CCOS(=O)(=O)c1ccc(C)cc1. The van der Waals surface area contributed by atoms with E-state index in [2.05, 4.69) is 0 Å². The Balaban J connectivity index is 2.43. The van der Waals surface area contributed by atoms with Gasteiger partial charge in [-0.05, 0) is 46.2 Å². The summed E-state index contributed by atoms with van der Waals surface area (Å²) in [7, 11) is -2.05. The van der Waals surface area contributed by atoms with E-state index >= 15 is 0 Å². The summed E-state index contributed by atoms with van der Waals surface area (Å²) in [5.41, 5.74) is 0.555. The lowest BCUT2D eigenvalue weighted by Gasteiger charge is -2.25. The molecule has 1 unspecified atom stereocenters. The van der Waals surface area contributed by atoms with Crippen LogP contribution in [-0.4, -0.2) is 40.4 Å². The number of ether oxygens (including phenoxy) is 2. The van der Waals surface area contributed by atoms with Crippen molar-refractivity contribution < 1.29 is 22.1 Å². The van der Waals surface area contributed by atoms with Crippen LogP contribution in [0.25, 0.3) is 0 Å². The zero-order valence-electron chi connectivity index (χ0n) is 14.7. The molecule has 0 fully saturated rings. The summed E-state index contributed by atoms with van der Waals surface area (Å²) in [4.78, 5) is 0.177. The Morgan fingerprint density at radius 2 is 1.74 bits per heavy atom. The quantitative estimate of drug-likeness (QED) is 0.609. The number of hydrogen-bond acceptors (Lipinski definition) is 5. The standard InChI is InChI=1S/C17H28O5S/c1-14-6-8-16(9-7-14)23(18,19)22-13-11-17(3,4)21-12-10-15(2)20-5/h6-9,15H,10-13H2,1-5H3. The van der Waals surface area contributed by atoms with Gasteiger partial charge in [0.05, 0.1) is 23.2 Å². The highest BCUT2D eigenvalue weighted by Gasteiger charge is 2.21. The third kappa shape index (κ3) is 7.44. The minimum absolute atomic E-state index is 0.0864. The molecule has 132 valence electrons. The number of methoxy groups -OCH3 is 1. The maximum atomic E-state index is 12.1. The third-order valence-electron chi connectivity index (χ3n) is 3.67. The second-order valence-corrected chi connectivity index (χ2v) is 7.90. The van der Waals surface area contributed by atoms with Crippen molar-refractivity contribution in [3.63, 3.8) is 0 Å². The van der Waals surface area contributed by atoms with E-state index < -0.39 is 15.7 Å². The highest BCUT2D eigenvalue weighted by molar-refractivity contribution is 7.86. The van der Waals surface area contributed by atoms with Crippen LogP contribution >= 0.6 is 0 Å². The van der Waals surface area contributed by atoms with E-state index in [0.29, 0.717) is 13.0 Å². The Hall–Kier alpha value is -0.950. The highest BCUT2D eigenvalue weighted by atomic mass is 32.2. The number of benzene rings is 1. The van der Waals surface area contributed by atoms with Gasteiger partial charge in [0.15, 0.2) is 0 Å². The van der Waals surface area contributed by atoms with Crippen molar-refractivity contribution in [3.05, 3.63) is 29.8 Å². The Labute approximate surface area is 140 Å². The molecule has 1 atom stereocenters. The van der Waals surface area contributed by atoms with Gasteiger partial charge in [0.25, 0.3) is 10.1 Å². The predicted molar refractivity (Wildman–Crippen MR) is 90.1 cm³/mol. The van der Waals surface area contributed by atoms with Gasteiger partial charge in [0.1, 0.15) is 0 Å². The smallest absolute Gasteiger partial charge is 0.296 e. The third-order valence-corrected chi connectivity index (χ3v) is 5.00. The molecule has 0 aliphatic rings. The molecular weight excluding hydrogens is 316 g/mol. The Bertz CT molecular complexity index is 563. The first-order valence-corrected chi connectivity index (χ1v) is 9.20. The van der Waals surface area contributed by atoms with Crippen LogP contribution in [0.3, 0.4) is 0 Å². The second-order valence-electron chi connectivity index (χ2n) is 6.28. The molecule has 0 saturated heterocycles. The average molecular weight is 344 g/mol. The van der Waals surface area contributed by atoms with Gasteiger partial charge in [-0.3, -0.25) is 4.18 Å². The van der Waals surface area contributed by atoms with E-state index in [-0.39, 0.29) is 17.6 Å². The molecule has 1 rings (SSSR count). The van der Waals surface area contributed by atoms with E-state index in [1.807, 2.05) is 27.7 Å². The van der Waals surface area contributed by atoms with Gasteiger partial charge in [-0.15, -0.1) is 0 Å². The molecule has 6 heteroatoms. The Kier molecular flexibility index (Phi) is 7.67. The van der Waals surface area contributed by atoms with E-state index in [1.54, 1.807) is 31.4 Å². The fourth-order valence-corrected chi connectivity index (χ4v) is 2.77. The zero-order chi connectivity index (χ0) is 17.5. The highest BCUT2D eigenvalue weighted by Crippen LogP contribution is 2.18. The lowest BCUT2D eigenvalue weighted by molar-refractivity contribution is -0.0440. The lowest BCUT2D eigenvalue weighted by atomic mass is 10.1.